The maximum atomic E-state index is 8.63. The van der Waals surface area contributed by atoms with Crippen molar-refractivity contribution in [3.8, 4) is 5.75 Å². The number of rotatable bonds is 4. The van der Waals surface area contributed by atoms with Crippen LogP contribution in [-0.2, 0) is 0 Å². The first-order chi connectivity index (χ1) is 7.40. The summed E-state index contributed by atoms with van der Waals surface area (Å²) >= 11 is 0. The average molecular weight is 201 g/mol. The van der Waals surface area contributed by atoms with Gasteiger partial charge in [-0.25, -0.2) is 0 Å². The van der Waals surface area contributed by atoms with E-state index in [2.05, 4.69) is 6.07 Å². The Labute approximate surface area is 89.1 Å². The highest BCUT2D eigenvalue weighted by Crippen LogP contribution is 2.19. The summed E-state index contributed by atoms with van der Waals surface area (Å²) < 4.78 is 5.44. The molecule has 2 heteroatoms. The lowest BCUT2D eigenvalue weighted by Gasteiger charge is -2.05. The maximum Gasteiger partial charge on any atom is 0.127 e. The summed E-state index contributed by atoms with van der Waals surface area (Å²) in [6, 6.07) is 15.0. The Balaban J connectivity index is 2.16. The van der Waals surface area contributed by atoms with Crippen molar-refractivity contribution in [2.45, 2.75) is 6.42 Å². The quantitative estimate of drug-likeness (QED) is 0.770. The molecule has 0 aliphatic heterocycles. The van der Waals surface area contributed by atoms with Crippen LogP contribution in [0.5, 0.6) is 5.75 Å². The molecule has 0 aliphatic rings. The van der Waals surface area contributed by atoms with E-state index in [9.17, 15) is 0 Å². The smallest absolute Gasteiger partial charge is 0.127 e. The van der Waals surface area contributed by atoms with Crippen LogP contribution in [0, 0.1) is 6.07 Å². The number of hydrogen-bond donors (Lipinski definition) is 1. The Kier molecular flexibility index (Phi) is 3.20. The second kappa shape index (κ2) is 4.80. The number of fused-ring (bicyclic) bond motifs is 1. The van der Waals surface area contributed by atoms with Gasteiger partial charge in [0.25, 0.3) is 0 Å². The van der Waals surface area contributed by atoms with Crippen molar-refractivity contribution in [1.29, 1.82) is 0 Å². The van der Waals surface area contributed by atoms with Gasteiger partial charge in [-0.05, 0) is 22.9 Å². The molecule has 77 valence electrons. The SMILES string of the molecule is OCCCOc1[c]cc2ccccc2c1. The minimum Gasteiger partial charge on any atom is -0.493 e. The number of hydrogen-bond acceptors (Lipinski definition) is 2. The van der Waals surface area contributed by atoms with Crippen LogP contribution in [0.15, 0.2) is 36.4 Å². The zero-order valence-electron chi connectivity index (χ0n) is 8.44. The molecule has 0 fully saturated rings. The Hall–Kier alpha value is -1.54. The van der Waals surface area contributed by atoms with E-state index in [1.54, 1.807) is 0 Å². The first-order valence-corrected chi connectivity index (χ1v) is 5.04. The average Bonchev–Trinajstić information content (AvgIpc) is 2.29. The molecule has 0 bridgehead atoms. The van der Waals surface area contributed by atoms with Crippen LogP contribution in [0.25, 0.3) is 10.8 Å². The molecule has 0 saturated heterocycles. The Morgan fingerprint density at radius 2 is 2.00 bits per heavy atom. The van der Waals surface area contributed by atoms with Gasteiger partial charge in [0, 0.05) is 19.1 Å². The summed E-state index contributed by atoms with van der Waals surface area (Å²) in [4.78, 5) is 0. The highest BCUT2D eigenvalue weighted by atomic mass is 16.5. The van der Waals surface area contributed by atoms with Crippen LogP contribution in [0.4, 0.5) is 0 Å². The van der Waals surface area contributed by atoms with Crippen molar-refractivity contribution in [3.63, 3.8) is 0 Å². The summed E-state index contributed by atoms with van der Waals surface area (Å²) in [6.07, 6.45) is 0.653. The Morgan fingerprint density at radius 1 is 1.20 bits per heavy atom. The lowest BCUT2D eigenvalue weighted by atomic mass is 10.1. The number of aliphatic hydroxyl groups excluding tert-OH is 1. The van der Waals surface area contributed by atoms with Crippen LogP contribution in [0.1, 0.15) is 6.42 Å². The molecule has 2 nitrogen and oxygen atoms in total. The molecule has 0 atom stereocenters. The third-order valence-electron chi connectivity index (χ3n) is 2.21. The minimum atomic E-state index is 0.160. The molecule has 2 aromatic carbocycles. The fourth-order valence-corrected chi connectivity index (χ4v) is 1.44. The van der Waals surface area contributed by atoms with Crippen LogP contribution >= 0.6 is 0 Å². The first-order valence-electron chi connectivity index (χ1n) is 5.04. The third-order valence-corrected chi connectivity index (χ3v) is 2.21. The Bertz CT molecular complexity index is 437. The van der Waals surface area contributed by atoms with Crippen molar-refractivity contribution < 1.29 is 9.84 Å². The van der Waals surface area contributed by atoms with E-state index in [0.29, 0.717) is 13.0 Å². The molecule has 2 rings (SSSR count). The van der Waals surface area contributed by atoms with E-state index in [4.69, 9.17) is 9.84 Å². The van der Waals surface area contributed by atoms with Crippen LogP contribution < -0.4 is 4.74 Å². The molecule has 0 heterocycles. The minimum absolute atomic E-state index is 0.160. The number of benzene rings is 2. The van der Waals surface area contributed by atoms with Crippen molar-refractivity contribution in [1.82, 2.24) is 0 Å². The molecule has 0 spiro atoms. The first kappa shape index (κ1) is 9.99. The van der Waals surface area contributed by atoms with E-state index in [1.165, 1.54) is 0 Å². The molecule has 0 unspecified atom stereocenters. The van der Waals surface area contributed by atoms with Gasteiger partial charge in [0.2, 0.25) is 0 Å². The molecule has 0 aliphatic carbocycles. The normalized spacial score (nSPS) is 10.5. The molecule has 0 saturated carbocycles. The summed E-state index contributed by atoms with van der Waals surface area (Å²) in [6.45, 7) is 0.693. The van der Waals surface area contributed by atoms with Crippen molar-refractivity contribution >= 4 is 10.8 Å². The highest BCUT2D eigenvalue weighted by molar-refractivity contribution is 5.83. The predicted molar refractivity (Wildman–Crippen MR) is 60.0 cm³/mol. The van der Waals surface area contributed by atoms with Gasteiger partial charge in [0.1, 0.15) is 5.75 Å². The second-order valence-electron chi connectivity index (χ2n) is 3.35. The zero-order valence-corrected chi connectivity index (χ0v) is 8.44. The fraction of sp³-hybridized carbons (Fsp3) is 0.231. The summed E-state index contributed by atoms with van der Waals surface area (Å²) in [5, 5.41) is 10.9. The third kappa shape index (κ3) is 2.48. The van der Waals surface area contributed by atoms with Gasteiger partial charge in [-0.1, -0.05) is 24.3 Å². The largest absolute Gasteiger partial charge is 0.493 e. The number of ether oxygens (including phenoxy) is 1. The van der Waals surface area contributed by atoms with Crippen molar-refractivity contribution in [2.24, 2.45) is 0 Å². The molecule has 1 N–H and O–H groups in total. The van der Waals surface area contributed by atoms with Crippen molar-refractivity contribution in [3.05, 3.63) is 42.5 Å². The van der Waals surface area contributed by atoms with E-state index in [-0.39, 0.29) is 6.61 Å². The van der Waals surface area contributed by atoms with Crippen LogP contribution in [0.2, 0.25) is 0 Å². The van der Waals surface area contributed by atoms with Crippen LogP contribution in [-0.4, -0.2) is 18.3 Å². The second-order valence-corrected chi connectivity index (χ2v) is 3.35. The van der Waals surface area contributed by atoms with Gasteiger partial charge in [-0.3, -0.25) is 0 Å². The Morgan fingerprint density at radius 3 is 2.80 bits per heavy atom. The fourth-order valence-electron chi connectivity index (χ4n) is 1.44. The van der Waals surface area contributed by atoms with Gasteiger partial charge in [-0.2, -0.15) is 0 Å². The molecule has 15 heavy (non-hydrogen) atoms. The zero-order chi connectivity index (χ0) is 10.5. The van der Waals surface area contributed by atoms with Gasteiger partial charge >= 0.3 is 0 Å². The van der Waals surface area contributed by atoms with Gasteiger partial charge in [0.05, 0.1) is 6.61 Å². The van der Waals surface area contributed by atoms with Crippen LogP contribution in [0.3, 0.4) is 0 Å². The summed E-state index contributed by atoms with van der Waals surface area (Å²) in [5.74, 6) is 0.738. The molecule has 2 aromatic rings. The highest BCUT2D eigenvalue weighted by Gasteiger charge is 1.96. The lowest BCUT2D eigenvalue weighted by Crippen LogP contribution is -1.99. The maximum absolute atomic E-state index is 8.63. The van der Waals surface area contributed by atoms with Gasteiger partial charge in [-0.15, -0.1) is 0 Å². The molecule has 1 radical (unpaired) electrons. The summed E-state index contributed by atoms with van der Waals surface area (Å²) in [5.41, 5.74) is 0. The van der Waals surface area contributed by atoms with Gasteiger partial charge in [0.15, 0.2) is 0 Å². The standard InChI is InChI=1S/C13H13O2/c14-8-3-9-15-13-7-6-11-4-1-2-5-12(11)10-13/h1-2,4-6,10,14H,3,8-9H2. The van der Waals surface area contributed by atoms with E-state index >= 15 is 0 Å². The van der Waals surface area contributed by atoms with Gasteiger partial charge < -0.3 is 9.84 Å². The number of aliphatic hydroxyl groups is 1. The molecule has 0 aromatic heterocycles. The van der Waals surface area contributed by atoms with Crippen molar-refractivity contribution in [2.75, 3.05) is 13.2 Å². The molecule has 0 amide bonds. The van der Waals surface area contributed by atoms with E-state index in [1.807, 2.05) is 36.4 Å². The van der Waals surface area contributed by atoms with E-state index in [0.717, 1.165) is 16.5 Å². The molecular weight excluding hydrogens is 188 g/mol. The topological polar surface area (TPSA) is 29.5 Å². The predicted octanol–water partition coefficient (Wildman–Crippen LogP) is 2.40. The summed E-state index contributed by atoms with van der Waals surface area (Å²) in [7, 11) is 0. The monoisotopic (exact) mass is 201 g/mol. The van der Waals surface area contributed by atoms with E-state index < -0.39 is 0 Å². The lowest BCUT2D eigenvalue weighted by molar-refractivity contribution is 0.233. The molecular formula is C13H13O2.